The minimum atomic E-state index is -3.55. The normalized spacial score (nSPS) is 16.1. The first-order chi connectivity index (χ1) is 10.0. The molecule has 0 bridgehead atoms. The summed E-state index contributed by atoms with van der Waals surface area (Å²) < 4.78 is 27.2. The first-order valence-electron chi connectivity index (χ1n) is 7.06. The molecule has 1 aliphatic rings. The molecule has 0 unspecified atom stereocenters. The molecule has 5 nitrogen and oxygen atoms in total. The Hall–Kier alpha value is -1.42. The molecule has 6 heteroatoms. The Morgan fingerprint density at radius 3 is 2.81 bits per heavy atom. The largest absolute Gasteiger partial charge is 0.395 e. The molecule has 114 valence electrons. The van der Waals surface area contributed by atoms with Crippen LogP contribution in [0.3, 0.4) is 0 Å². The second-order valence-electron chi connectivity index (χ2n) is 5.36. The lowest BCUT2D eigenvalue weighted by Gasteiger charge is -2.13. The highest BCUT2D eigenvalue weighted by Gasteiger charge is 2.41. The molecule has 1 aliphatic carbocycles. The van der Waals surface area contributed by atoms with E-state index in [0.717, 1.165) is 19.3 Å². The van der Waals surface area contributed by atoms with Crippen molar-refractivity contribution >= 4 is 10.0 Å². The second-order valence-corrected chi connectivity index (χ2v) is 7.13. The number of aromatic nitrogens is 1. The lowest BCUT2D eigenvalue weighted by Crippen LogP contribution is -2.30. The van der Waals surface area contributed by atoms with Gasteiger partial charge in [-0.15, -0.1) is 0 Å². The molecule has 1 saturated carbocycles. The number of aliphatic hydroxyl groups is 1. The highest BCUT2D eigenvalue weighted by Crippen LogP contribution is 2.48. The van der Waals surface area contributed by atoms with Gasteiger partial charge in [-0.1, -0.05) is 18.8 Å². The van der Waals surface area contributed by atoms with Gasteiger partial charge in [0, 0.05) is 30.9 Å². The first kappa shape index (κ1) is 16.0. The molecule has 0 spiro atoms. The van der Waals surface area contributed by atoms with Gasteiger partial charge in [0.15, 0.2) is 0 Å². The maximum atomic E-state index is 12.3. The molecule has 2 rings (SSSR count). The Kier molecular flexibility index (Phi) is 4.99. The van der Waals surface area contributed by atoms with Gasteiger partial charge in [0.25, 0.3) is 0 Å². The van der Waals surface area contributed by atoms with Crippen molar-refractivity contribution < 1.29 is 13.5 Å². The van der Waals surface area contributed by atoms with E-state index in [1.807, 2.05) is 0 Å². The summed E-state index contributed by atoms with van der Waals surface area (Å²) in [6.45, 7) is 2.55. The Morgan fingerprint density at radius 1 is 1.43 bits per heavy atom. The summed E-state index contributed by atoms with van der Waals surface area (Å²) in [7, 11) is -3.55. The zero-order valence-corrected chi connectivity index (χ0v) is 12.9. The van der Waals surface area contributed by atoms with Crippen molar-refractivity contribution in [2.75, 3.05) is 13.2 Å². The van der Waals surface area contributed by atoms with Crippen LogP contribution in [0.2, 0.25) is 0 Å². The van der Waals surface area contributed by atoms with Gasteiger partial charge in [-0.25, -0.2) is 13.1 Å². The molecule has 0 aliphatic heterocycles. The van der Waals surface area contributed by atoms with E-state index in [9.17, 15) is 8.42 Å². The Bertz CT molecular complexity index is 655. The van der Waals surface area contributed by atoms with Gasteiger partial charge in [-0.05, 0) is 30.7 Å². The molecule has 2 N–H and O–H groups in total. The topological polar surface area (TPSA) is 79.3 Å². The average molecular weight is 308 g/mol. The minimum absolute atomic E-state index is 0.0148. The summed E-state index contributed by atoms with van der Waals surface area (Å²) in [4.78, 5) is 4.06. The van der Waals surface area contributed by atoms with Crippen LogP contribution in [0.25, 0.3) is 0 Å². The molecular weight excluding hydrogens is 288 g/mol. The fraction of sp³-hybridized carbons (Fsp3) is 0.533. The molecule has 1 heterocycles. The molecule has 0 saturated heterocycles. The van der Waals surface area contributed by atoms with E-state index in [1.54, 1.807) is 0 Å². The third-order valence-corrected chi connectivity index (χ3v) is 5.21. The van der Waals surface area contributed by atoms with Crippen molar-refractivity contribution in [3.05, 3.63) is 24.0 Å². The smallest absolute Gasteiger partial charge is 0.242 e. The van der Waals surface area contributed by atoms with Gasteiger partial charge < -0.3 is 5.11 Å². The van der Waals surface area contributed by atoms with E-state index in [-0.39, 0.29) is 16.9 Å². The van der Waals surface area contributed by atoms with E-state index < -0.39 is 10.0 Å². The molecule has 0 amide bonds. The number of pyridine rings is 1. The van der Waals surface area contributed by atoms with Crippen molar-refractivity contribution in [2.45, 2.75) is 37.5 Å². The van der Waals surface area contributed by atoms with Crippen LogP contribution in [-0.2, 0) is 10.0 Å². The highest BCUT2D eigenvalue weighted by atomic mass is 32.2. The van der Waals surface area contributed by atoms with Crippen LogP contribution >= 0.6 is 0 Å². The van der Waals surface area contributed by atoms with Crippen LogP contribution in [0.5, 0.6) is 0 Å². The van der Waals surface area contributed by atoms with E-state index in [2.05, 4.69) is 28.5 Å². The molecular formula is C15H20N2O3S. The predicted molar refractivity (Wildman–Crippen MR) is 80.0 cm³/mol. The molecule has 0 atom stereocenters. The van der Waals surface area contributed by atoms with Crippen LogP contribution < -0.4 is 4.72 Å². The Morgan fingerprint density at radius 2 is 2.19 bits per heavy atom. The summed E-state index contributed by atoms with van der Waals surface area (Å²) in [5, 5.41) is 8.68. The lowest BCUT2D eigenvalue weighted by molar-refractivity contribution is 0.305. The van der Waals surface area contributed by atoms with Crippen molar-refractivity contribution in [3.63, 3.8) is 0 Å². The highest BCUT2D eigenvalue weighted by molar-refractivity contribution is 7.89. The van der Waals surface area contributed by atoms with Gasteiger partial charge in [-0.2, -0.15) is 0 Å². The number of rotatable bonds is 6. The third kappa shape index (κ3) is 4.27. The standard InChI is InChI=1S/C15H20N2O3S/c1-2-15(6-7-15)12-17-21(19,20)14-9-13(10-16-11-14)5-3-4-8-18/h9-11,17-18H,2,4,6-8,12H2,1H3. The van der Waals surface area contributed by atoms with Crippen LogP contribution in [-0.4, -0.2) is 31.7 Å². The number of sulfonamides is 1. The zero-order valence-electron chi connectivity index (χ0n) is 12.1. The van der Waals surface area contributed by atoms with Crippen molar-refractivity contribution in [1.29, 1.82) is 0 Å². The van der Waals surface area contributed by atoms with E-state index in [4.69, 9.17) is 5.11 Å². The predicted octanol–water partition coefficient (Wildman–Crippen LogP) is 1.28. The number of nitrogens with one attached hydrogen (secondary N) is 1. The molecule has 0 radical (unpaired) electrons. The zero-order chi connectivity index (χ0) is 15.3. The average Bonchev–Trinajstić information content (AvgIpc) is 3.27. The summed E-state index contributed by atoms with van der Waals surface area (Å²) in [6.07, 6.45) is 6.34. The van der Waals surface area contributed by atoms with Gasteiger partial charge in [0.05, 0.1) is 6.61 Å². The Balaban J connectivity index is 2.09. The van der Waals surface area contributed by atoms with Gasteiger partial charge in [-0.3, -0.25) is 4.98 Å². The van der Waals surface area contributed by atoms with Gasteiger partial charge in [0.2, 0.25) is 10.0 Å². The summed E-state index contributed by atoms with van der Waals surface area (Å²) >= 11 is 0. The first-order valence-corrected chi connectivity index (χ1v) is 8.54. The quantitative estimate of drug-likeness (QED) is 0.776. The number of aliphatic hydroxyl groups excluding tert-OH is 1. The van der Waals surface area contributed by atoms with E-state index in [0.29, 0.717) is 18.5 Å². The second kappa shape index (κ2) is 6.56. The maximum absolute atomic E-state index is 12.3. The van der Waals surface area contributed by atoms with E-state index in [1.165, 1.54) is 18.5 Å². The maximum Gasteiger partial charge on any atom is 0.242 e. The Labute approximate surface area is 125 Å². The minimum Gasteiger partial charge on any atom is -0.395 e. The van der Waals surface area contributed by atoms with Crippen molar-refractivity contribution in [1.82, 2.24) is 9.71 Å². The van der Waals surface area contributed by atoms with Crippen LogP contribution in [0.1, 0.15) is 38.2 Å². The third-order valence-electron chi connectivity index (χ3n) is 3.84. The molecule has 0 aromatic carbocycles. The molecule has 1 aromatic heterocycles. The lowest BCUT2D eigenvalue weighted by atomic mass is 10.1. The molecule has 1 aromatic rings. The van der Waals surface area contributed by atoms with Gasteiger partial charge in [0.1, 0.15) is 4.90 Å². The summed E-state index contributed by atoms with van der Waals surface area (Å²) in [5.41, 5.74) is 0.682. The van der Waals surface area contributed by atoms with Gasteiger partial charge >= 0.3 is 0 Å². The van der Waals surface area contributed by atoms with Crippen LogP contribution in [0, 0.1) is 17.3 Å². The van der Waals surface area contributed by atoms with Crippen molar-refractivity contribution in [3.8, 4) is 11.8 Å². The van der Waals surface area contributed by atoms with Crippen molar-refractivity contribution in [2.24, 2.45) is 5.41 Å². The van der Waals surface area contributed by atoms with Crippen LogP contribution in [0.4, 0.5) is 0 Å². The van der Waals surface area contributed by atoms with Crippen LogP contribution in [0.15, 0.2) is 23.4 Å². The number of hydrogen-bond acceptors (Lipinski definition) is 4. The number of nitrogens with zero attached hydrogens (tertiary/aromatic N) is 1. The monoisotopic (exact) mass is 308 g/mol. The fourth-order valence-corrected chi connectivity index (χ4v) is 3.16. The van der Waals surface area contributed by atoms with E-state index >= 15 is 0 Å². The SMILES string of the molecule is CCC1(CNS(=O)(=O)c2cncc(C#CCCO)c2)CC1. The fourth-order valence-electron chi connectivity index (χ4n) is 2.02. The molecule has 21 heavy (non-hydrogen) atoms. The summed E-state index contributed by atoms with van der Waals surface area (Å²) in [5.74, 6) is 5.54. The number of hydrogen-bond donors (Lipinski definition) is 2. The molecule has 1 fully saturated rings. The summed E-state index contributed by atoms with van der Waals surface area (Å²) in [6, 6.07) is 1.51.